The molecule has 0 amide bonds. The lowest BCUT2D eigenvalue weighted by atomic mass is 10.2. The predicted octanol–water partition coefficient (Wildman–Crippen LogP) is 15.3. The fourth-order valence-corrected chi connectivity index (χ4v) is 6.67. The van der Waals surface area contributed by atoms with Crippen LogP contribution in [0.3, 0.4) is 0 Å². The van der Waals surface area contributed by atoms with Crippen molar-refractivity contribution in [3.63, 3.8) is 0 Å². The van der Waals surface area contributed by atoms with Gasteiger partial charge >= 0.3 is 0 Å². The molecule has 10 atom stereocenters. The van der Waals surface area contributed by atoms with E-state index in [9.17, 15) is 0 Å². The van der Waals surface area contributed by atoms with Crippen LogP contribution in [-0.4, -0.2) is 24.4 Å². The van der Waals surface area contributed by atoms with E-state index in [1.165, 1.54) is 0 Å². The Morgan fingerprint density at radius 2 is 0.741 bits per heavy atom. The number of unbranched alkanes of at least 4 members (excludes halogenated alkanes) is 2. The summed E-state index contributed by atoms with van der Waals surface area (Å²) >= 11 is 0. The molecule has 10 heteroatoms. The molecule has 0 aromatic carbocycles. The quantitative estimate of drug-likeness (QED) is 0.0292. The highest BCUT2D eigenvalue weighted by molar-refractivity contribution is 8.00. The first-order valence-electron chi connectivity index (χ1n) is 19.5. The normalized spacial score (nSPS) is 16.0. The van der Waals surface area contributed by atoms with Crippen molar-refractivity contribution in [2.45, 2.75) is 129 Å². The van der Waals surface area contributed by atoms with Gasteiger partial charge in [0, 0.05) is 35.9 Å². The third-order valence-electron chi connectivity index (χ3n) is 7.35. The first-order valence-corrected chi connectivity index (χ1v) is 25.8. The van der Waals surface area contributed by atoms with Crippen LogP contribution in [0.2, 0.25) is 0 Å². The smallest absolute Gasteiger partial charge is 0.0799 e. The molecule has 54 heavy (non-hydrogen) atoms. The predicted molar refractivity (Wildman–Crippen MR) is 263 cm³/mol. The second-order valence-corrected chi connectivity index (χ2v) is 14.8. The Balaban J connectivity index is 0. The van der Waals surface area contributed by atoms with Crippen molar-refractivity contribution in [2.24, 2.45) is 0 Å². The number of hydrogen-bond acceptors (Lipinski definition) is 4. The van der Waals surface area contributed by atoms with Crippen molar-refractivity contribution >= 4 is 53.8 Å². The molecule has 0 heterocycles. The molecular weight excluding hydrogens is 778 g/mol. The van der Waals surface area contributed by atoms with Gasteiger partial charge in [0.25, 0.3) is 0 Å². The standard InChI is InChI=1S/2C22H37O2P3/c2*1-3-18-22(23-25)20-17-15-13-11-9-7-5-6-8-10-12-14-16-19-21(4-2)24-27-26/h2*6,8-9,11-17,19-22,27H,3-5,7,10,18,25-26H2,1-2H3/b8-6-,11-9-,14-12-,15-13-,19-16+,20-17+;. The van der Waals surface area contributed by atoms with Crippen molar-refractivity contribution in [1.29, 1.82) is 0 Å². The number of allylic oxidation sites excluding steroid dienone is 20. The van der Waals surface area contributed by atoms with Crippen molar-refractivity contribution in [1.82, 2.24) is 0 Å². The van der Waals surface area contributed by atoms with Gasteiger partial charge in [-0.1, -0.05) is 204 Å². The summed E-state index contributed by atoms with van der Waals surface area (Å²) in [6.45, 7) is 8.60. The zero-order valence-electron chi connectivity index (χ0n) is 33.6. The fraction of sp³-hybridized carbons (Fsp3) is 0.455. The van der Waals surface area contributed by atoms with E-state index in [-0.39, 0.29) is 24.4 Å². The largest absolute Gasteiger partial charge is 0.358 e. The molecule has 0 aliphatic rings. The van der Waals surface area contributed by atoms with E-state index in [1.54, 1.807) is 0 Å². The Labute approximate surface area is 345 Å². The lowest BCUT2D eigenvalue weighted by Gasteiger charge is -2.07. The Morgan fingerprint density at radius 3 is 1.09 bits per heavy atom. The van der Waals surface area contributed by atoms with Gasteiger partial charge in [-0.15, -0.1) is 0 Å². The Hall–Kier alpha value is -0.700. The molecule has 0 bridgehead atoms. The summed E-state index contributed by atoms with van der Waals surface area (Å²) < 4.78 is 21.7. The molecule has 0 aromatic rings. The molecule has 10 unspecified atom stereocenters. The fourth-order valence-electron chi connectivity index (χ4n) is 4.32. The second kappa shape index (κ2) is 48.4. The van der Waals surface area contributed by atoms with Crippen LogP contribution in [0.4, 0.5) is 0 Å². The van der Waals surface area contributed by atoms with E-state index in [2.05, 4.69) is 186 Å². The highest BCUT2D eigenvalue weighted by atomic mass is 32.0. The Kier molecular flexibility index (Phi) is 49.7. The van der Waals surface area contributed by atoms with Crippen LogP contribution in [0.1, 0.15) is 105 Å². The number of hydrogen-bond donors (Lipinski definition) is 0. The van der Waals surface area contributed by atoms with Crippen LogP contribution in [0.25, 0.3) is 0 Å². The monoisotopic (exact) mass is 852 g/mol. The average molecular weight is 853 g/mol. The van der Waals surface area contributed by atoms with Gasteiger partial charge in [0.05, 0.1) is 24.4 Å². The first kappa shape index (κ1) is 55.4. The van der Waals surface area contributed by atoms with Crippen LogP contribution in [0.15, 0.2) is 146 Å². The van der Waals surface area contributed by atoms with E-state index in [4.69, 9.17) is 18.1 Å². The lowest BCUT2D eigenvalue weighted by Crippen LogP contribution is -2.01. The summed E-state index contributed by atoms with van der Waals surface area (Å²) in [5, 5.41) is 0. The van der Waals surface area contributed by atoms with Gasteiger partial charge < -0.3 is 18.1 Å². The van der Waals surface area contributed by atoms with Gasteiger partial charge in [-0.3, -0.25) is 0 Å². The van der Waals surface area contributed by atoms with Gasteiger partial charge in [-0.25, -0.2) is 0 Å². The molecule has 4 nitrogen and oxygen atoms in total. The van der Waals surface area contributed by atoms with Gasteiger partial charge in [0.2, 0.25) is 0 Å². The minimum absolute atomic E-state index is 0.195. The molecule has 0 aliphatic heterocycles. The zero-order valence-corrected chi connectivity index (χ0v) is 40.2. The van der Waals surface area contributed by atoms with Gasteiger partial charge in [0.15, 0.2) is 0 Å². The summed E-state index contributed by atoms with van der Waals surface area (Å²) in [5.74, 6) is 0. The molecule has 0 aliphatic carbocycles. The molecule has 0 aromatic heterocycles. The summed E-state index contributed by atoms with van der Waals surface area (Å²) in [7, 11) is 10.8. The minimum atomic E-state index is 0.195. The topological polar surface area (TPSA) is 36.9 Å². The summed E-state index contributed by atoms with van der Waals surface area (Å²) in [6.07, 6.45) is 64.3. The van der Waals surface area contributed by atoms with Crippen molar-refractivity contribution in [3.8, 4) is 0 Å². The molecule has 0 N–H and O–H groups in total. The highest BCUT2D eigenvalue weighted by Gasteiger charge is 2.00. The van der Waals surface area contributed by atoms with Crippen molar-refractivity contribution < 1.29 is 18.1 Å². The molecule has 0 rings (SSSR count). The minimum Gasteiger partial charge on any atom is -0.358 e. The number of rotatable bonds is 32. The maximum Gasteiger partial charge on any atom is 0.0799 e. The van der Waals surface area contributed by atoms with E-state index in [0.29, 0.717) is 17.0 Å². The van der Waals surface area contributed by atoms with E-state index in [1.807, 2.05) is 24.3 Å². The zero-order chi connectivity index (χ0) is 40.0. The van der Waals surface area contributed by atoms with Crippen LogP contribution >= 0.6 is 53.8 Å². The molecule has 304 valence electrons. The van der Waals surface area contributed by atoms with Crippen molar-refractivity contribution in [2.75, 3.05) is 0 Å². The maximum atomic E-state index is 5.56. The summed E-state index contributed by atoms with van der Waals surface area (Å²) in [6, 6.07) is 0. The molecular formula is C44H74O4P6. The first-order chi connectivity index (χ1) is 26.6. The third-order valence-corrected chi connectivity index (χ3v) is 9.75. The average Bonchev–Trinajstić information content (AvgIpc) is 3.19. The van der Waals surface area contributed by atoms with Crippen LogP contribution in [0, 0.1) is 0 Å². The second-order valence-electron chi connectivity index (χ2n) is 11.9. The van der Waals surface area contributed by atoms with Gasteiger partial charge in [-0.2, -0.15) is 0 Å². The molecule has 0 radical (unpaired) electrons. The van der Waals surface area contributed by atoms with Crippen LogP contribution < -0.4 is 0 Å². The maximum absolute atomic E-state index is 5.56. The Morgan fingerprint density at radius 1 is 0.407 bits per heavy atom. The van der Waals surface area contributed by atoms with E-state index < -0.39 is 0 Å². The van der Waals surface area contributed by atoms with Crippen molar-refractivity contribution in [3.05, 3.63) is 146 Å². The summed E-state index contributed by atoms with van der Waals surface area (Å²) in [5.41, 5.74) is 0. The third kappa shape index (κ3) is 42.4. The van der Waals surface area contributed by atoms with E-state index >= 15 is 0 Å². The molecule has 0 spiro atoms. The SMILES string of the molecule is CCCC(/C=C/C=C\C=C/CC/C=C\C/C=C\C=C\C(CC)OPP)OP.CCCC(C=CC=CC=CCCC=CCC=CC=CC(CC)OPP)OP. The molecule has 0 saturated heterocycles. The Bertz CT molecular complexity index is 1080. The molecule has 0 fully saturated rings. The molecule has 0 saturated carbocycles. The van der Waals surface area contributed by atoms with Crippen LogP contribution in [-0.2, 0) is 18.1 Å². The summed E-state index contributed by atoms with van der Waals surface area (Å²) in [4.78, 5) is 0. The van der Waals surface area contributed by atoms with Gasteiger partial charge in [-0.05, 0) is 64.2 Å². The van der Waals surface area contributed by atoms with Crippen LogP contribution in [0.5, 0.6) is 0 Å². The van der Waals surface area contributed by atoms with Gasteiger partial charge in [0.1, 0.15) is 0 Å². The highest BCUT2D eigenvalue weighted by Crippen LogP contribution is 2.26. The van der Waals surface area contributed by atoms with E-state index in [0.717, 1.165) is 77.0 Å². The lowest BCUT2D eigenvalue weighted by molar-refractivity contribution is 0.279.